The quantitative estimate of drug-likeness (QED) is 0.820. The minimum Gasteiger partial charge on any atom is -0.393 e. The molecule has 0 aliphatic heterocycles. The third-order valence-corrected chi connectivity index (χ3v) is 2.79. The normalized spacial score (nSPS) is 12.1. The molecule has 0 radical (unpaired) electrons. The summed E-state index contributed by atoms with van der Waals surface area (Å²) in [6.45, 7) is 2.03. The van der Waals surface area contributed by atoms with E-state index in [1.165, 1.54) is 6.33 Å². The van der Waals surface area contributed by atoms with Gasteiger partial charge in [0.15, 0.2) is 11.0 Å². The molecule has 1 atom stereocenters. The van der Waals surface area contributed by atoms with Crippen LogP contribution in [-0.4, -0.2) is 9.97 Å². The molecule has 17 heavy (non-hydrogen) atoms. The summed E-state index contributed by atoms with van der Waals surface area (Å²) in [6, 6.07) is 10.1. The molecule has 1 heterocycles. The number of halogens is 1. The van der Waals surface area contributed by atoms with Crippen molar-refractivity contribution in [3.05, 3.63) is 47.4 Å². The monoisotopic (exact) mass is 248 g/mol. The Kier molecular flexibility index (Phi) is 3.44. The summed E-state index contributed by atoms with van der Waals surface area (Å²) in [5, 5.41) is 3.47. The fourth-order valence-corrected chi connectivity index (χ4v) is 1.65. The average Bonchev–Trinajstić information content (AvgIpc) is 2.36. The number of nitrogen functional groups attached to an aromatic ring is 1. The molecule has 0 aliphatic carbocycles. The molecule has 0 fully saturated rings. The van der Waals surface area contributed by atoms with E-state index in [1.807, 2.05) is 37.3 Å². The van der Waals surface area contributed by atoms with Gasteiger partial charge in [-0.1, -0.05) is 41.9 Å². The first kappa shape index (κ1) is 11.7. The maximum atomic E-state index is 5.83. The summed E-state index contributed by atoms with van der Waals surface area (Å²) in [5.41, 5.74) is 7.32. The van der Waals surface area contributed by atoms with Crippen LogP contribution < -0.4 is 11.1 Å². The van der Waals surface area contributed by atoms with Gasteiger partial charge in [-0.25, -0.2) is 9.97 Å². The molecule has 0 saturated carbocycles. The molecule has 0 bridgehead atoms. The summed E-state index contributed by atoms with van der Waals surface area (Å²) < 4.78 is 0. The van der Waals surface area contributed by atoms with E-state index < -0.39 is 0 Å². The van der Waals surface area contributed by atoms with Crippen LogP contribution in [0.25, 0.3) is 0 Å². The minimum atomic E-state index is 0.101. The number of hydrogen-bond acceptors (Lipinski definition) is 4. The number of nitrogens with two attached hydrogens (primary N) is 1. The fraction of sp³-hybridized carbons (Fsp3) is 0.167. The number of nitrogens with zero attached hydrogens (tertiary/aromatic N) is 2. The molecule has 88 valence electrons. The van der Waals surface area contributed by atoms with E-state index in [9.17, 15) is 0 Å². The van der Waals surface area contributed by atoms with Gasteiger partial charge < -0.3 is 11.1 Å². The van der Waals surface area contributed by atoms with Crippen LogP contribution in [0.3, 0.4) is 0 Å². The van der Waals surface area contributed by atoms with Crippen LogP contribution in [0, 0.1) is 0 Å². The second-order valence-electron chi connectivity index (χ2n) is 3.70. The van der Waals surface area contributed by atoms with Gasteiger partial charge in [-0.05, 0) is 12.5 Å². The second kappa shape index (κ2) is 5.01. The largest absolute Gasteiger partial charge is 0.393 e. The molecule has 5 heteroatoms. The van der Waals surface area contributed by atoms with Crippen LogP contribution in [0.4, 0.5) is 11.5 Å². The smallest absolute Gasteiger partial charge is 0.157 e. The van der Waals surface area contributed by atoms with Gasteiger partial charge in [0.2, 0.25) is 0 Å². The van der Waals surface area contributed by atoms with Crippen LogP contribution in [0.1, 0.15) is 18.5 Å². The Morgan fingerprint density at radius 3 is 2.65 bits per heavy atom. The average molecular weight is 249 g/mol. The van der Waals surface area contributed by atoms with Gasteiger partial charge in [-0.15, -0.1) is 0 Å². The van der Waals surface area contributed by atoms with Gasteiger partial charge in [-0.2, -0.15) is 0 Å². The van der Waals surface area contributed by atoms with Crippen molar-refractivity contribution in [2.24, 2.45) is 0 Å². The van der Waals surface area contributed by atoms with Crippen LogP contribution in [0.5, 0.6) is 0 Å². The molecular formula is C12H13ClN4. The number of benzene rings is 1. The van der Waals surface area contributed by atoms with Gasteiger partial charge in [0.05, 0.1) is 6.04 Å². The number of aromatic nitrogens is 2. The van der Waals surface area contributed by atoms with Crippen LogP contribution in [0.2, 0.25) is 5.15 Å². The highest BCUT2D eigenvalue weighted by molar-refractivity contribution is 6.32. The molecule has 2 rings (SSSR count). The summed E-state index contributed by atoms with van der Waals surface area (Å²) >= 11 is 5.83. The molecular weight excluding hydrogens is 236 g/mol. The van der Waals surface area contributed by atoms with E-state index in [0.29, 0.717) is 11.5 Å². The number of rotatable bonds is 3. The van der Waals surface area contributed by atoms with Gasteiger partial charge in [0.25, 0.3) is 0 Å². The second-order valence-corrected chi connectivity index (χ2v) is 4.06. The first-order valence-electron chi connectivity index (χ1n) is 5.26. The fourth-order valence-electron chi connectivity index (χ4n) is 1.52. The Morgan fingerprint density at radius 2 is 1.94 bits per heavy atom. The molecule has 1 unspecified atom stereocenters. The van der Waals surface area contributed by atoms with Crippen LogP contribution >= 0.6 is 11.6 Å². The predicted molar refractivity (Wildman–Crippen MR) is 69.9 cm³/mol. The molecule has 0 saturated heterocycles. The lowest BCUT2D eigenvalue weighted by molar-refractivity contribution is 0.873. The van der Waals surface area contributed by atoms with Gasteiger partial charge in [0.1, 0.15) is 12.0 Å². The summed E-state index contributed by atoms with van der Waals surface area (Å²) in [5.74, 6) is 0.557. The third-order valence-electron chi connectivity index (χ3n) is 2.49. The van der Waals surface area contributed by atoms with Crippen molar-refractivity contribution in [2.45, 2.75) is 13.0 Å². The lowest BCUT2D eigenvalue weighted by Crippen LogP contribution is -2.10. The molecule has 0 amide bonds. The summed E-state index contributed by atoms with van der Waals surface area (Å²) in [4.78, 5) is 7.88. The van der Waals surface area contributed by atoms with Crippen molar-refractivity contribution in [1.29, 1.82) is 0 Å². The van der Waals surface area contributed by atoms with E-state index in [0.717, 1.165) is 5.56 Å². The standard InChI is InChI=1S/C12H13ClN4/c1-8(9-5-3-2-4-6-9)17-12-10(14)11(13)15-7-16-12/h2-8H,14H2,1H3,(H,15,16,17). The van der Waals surface area contributed by atoms with Gasteiger partial charge in [0, 0.05) is 0 Å². The molecule has 0 aliphatic rings. The maximum Gasteiger partial charge on any atom is 0.157 e. The highest BCUT2D eigenvalue weighted by atomic mass is 35.5. The molecule has 0 spiro atoms. The van der Waals surface area contributed by atoms with Gasteiger partial charge in [-0.3, -0.25) is 0 Å². The van der Waals surface area contributed by atoms with E-state index in [1.54, 1.807) is 0 Å². The lowest BCUT2D eigenvalue weighted by Gasteiger charge is -2.16. The summed E-state index contributed by atoms with van der Waals surface area (Å²) in [7, 11) is 0. The predicted octanol–water partition coefficient (Wildman–Crippen LogP) is 2.89. The van der Waals surface area contributed by atoms with Crippen molar-refractivity contribution in [3.8, 4) is 0 Å². The van der Waals surface area contributed by atoms with E-state index in [2.05, 4.69) is 15.3 Å². The Hall–Kier alpha value is -1.81. The van der Waals surface area contributed by atoms with Crippen LogP contribution in [0.15, 0.2) is 36.7 Å². The zero-order valence-electron chi connectivity index (χ0n) is 9.39. The number of anilines is 2. The Bertz CT molecular complexity index is 501. The Balaban J connectivity index is 2.19. The highest BCUT2D eigenvalue weighted by Crippen LogP contribution is 2.25. The van der Waals surface area contributed by atoms with Crippen molar-refractivity contribution < 1.29 is 0 Å². The van der Waals surface area contributed by atoms with Crippen molar-refractivity contribution in [2.75, 3.05) is 11.1 Å². The molecule has 4 nitrogen and oxygen atoms in total. The minimum absolute atomic E-state index is 0.101. The summed E-state index contributed by atoms with van der Waals surface area (Å²) in [6.07, 6.45) is 1.39. The van der Waals surface area contributed by atoms with E-state index >= 15 is 0 Å². The Morgan fingerprint density at radius 1 is 1.24 bits per heavy atom. The zero-order chi connectivity index (χ0) is 12.3. The first-order chi connectivity index (χ1) is 8.18. The third kappa shape index (κ3) is 2.65. The van der Waals surface area contributed by atoms with Crippen molar-refractivity contribution in [1.82, 2.24) is 9.97 Å². The van der Waals surface area contributed by atoms with Crippen molar-refractivity contribution >= 4 is 23.1 Å². The van der Waals surface area contributed by atoms with Crippen molar-refractivity contribution in [3.63, 3.8) is 0 Å². The topological polar surface area (TPSA) is 63.8 Å². The van der Waals surface area contributed by atoms with Gasteiger partial charge >= 0.3 is 0 Å². The number of nitrogens with one attached hydrogen (secondary N) is 1. The molecule has 2 aromatic rings. The SMILES string of the molecule is CC(Nc1ncnc(Cl)c1N)c1ccccc1. The zero-order valence-corrected chi connectivity index (χ0v) is 10.1. The highest BCUT2D eigenvalue weighted by Gasteiger charge is 2.10. The van der Waals surface area contributed by atoms with E-state index in [-0.39, 0.29) is 11.2 Å². The first-order valence-corrected chi connectivity index (χ1v) is 5.63. The molecule has 3 N–H and O–H groups in total. The molecule has 1 aromatic carbocycles. The lowest BCUT2D eigenvalue weighted by atomic mass is 10.1. The van der Waals surface area contributed by atoms with E-state index in [4.69, 9.17) is 17.3 Å². The Labute approximate surface area is 105 Å². The van der Waals surface area contributed by atoms with Crippen LogP contribution in [-0.2, 0) is 0 Å². The molecule has 1 aromatic heterocycles. The maximum absolute atomic E-state index is 5.83. The number of hydrogen-bond donors (Lipinski definition) is 2.